The molecule has 0 spiro atoms. The lowest BCUT2D eigenvalue weighted by Gasteiger charge is -2.10. The number of nitrogens with one attached hydrogen (secondary N) is 1. The van der Waals surface area contributed by atoms with Crippen molar-refractivity contribution in [1.82, 2.24) is 5.32 Å². The van der Waals surface area contributed by atoms with E-state index in [0.29, 0.717) is 0 Å². The second-order valence-electron chi connectivity index (χ2n) is 3.94. The number of esters is 1. The molecule has 0 aliphatic heterocycles. The quantitative estimate of drug-likeness (QED) is 0.661. The van der Waals surface area contributed by atoms with Crippen LogP contribution < -0.4 is 5.32 Å². The molecular formula is C14H14BrNO5. The number of methoxy groups -OCH3 is 1. The molecule has 0 aliphatic rings. The number of ether oxygens (including phenoxy) is 2. The van der Waals surface area contributed by atoms with E-state index in [2.05, 4.69) is 20.7 Å². The van der Waals surface area contributed by atoms with Gasteiger partial charge in [-0.1, -0.05) is 28.1 Å². The molecule has 7 heteroatoms. The Morgan fingerprint density at radius 2 is 1.86 bits per heavy atom. The number of benzene rings is 1. The van der Waals surface area contributed by atoms with Crippen LogP contribution in [0.2, 0.25) is 0 Å². The summed E-state index contributed by atoms with van der Waals surface area (Å²) < 4.78 is 10.0. The molecule has 0 saturated heterocycles. The largest absolute Gasteiger partial charge is 0.453 e. The Kier molecular flexibility index (Phi) is 6.61. The fraction of sp³-hybridized carbons (Fsp3) is 0.214. The van der Waals surface area contributed by atoms with E-state index in [9.17, 15) is 14.4 Å². The van der Waals surface area contributed by atoms with Crippen molar-refractivity contribution in [1.29, 1.82) is 0 Å². The smallest absolute Gasteiger partial charge is 0.413 e. The number of hydrogen-bond donors (Lipinski definition) is 1. The Morgan fingerprint density at radius 3 is 2.43 bits per heavy atom. The number of halogens is 1. The Balaban J connectivity index is 2.51. The predicted molar refractivity (Wildman–Crippen MR) is 79.3 cm³/mol. The van der Waals surface area contributed by atoms with E-state index in [1.54, 1.807) is 18.2 Å². The van der Waals surface area contributed by atoms with E-state index in [0.717, 1.165) is 17.1 Å². The number of hydrogen-bond acceptors (Lipinski definition) is 5. The van der Waals surface area contributed by atoms with Gasteiger partial charge in [-0.25, -0.2) is 9.59 Å². The summed E-state index contributed by atoms with van der Waals surface area (Å²) in [6, 6.07) is 7.28. The summed E-state index contributed by atoms with van der Waals surface area (Å²) in [6.07, 6.45) is 0.740. The van der Waals surface area contributed by atoms with Gasteiger partial charge < -0.3 is 9.47 Å². The molecule has 0 bridgehead atoms. The highest BCUT2D eigenvalue weighted by atomic mass is 79.9. The Bertz CT molecular complexity index is 553. The third-order valence-electron chi connectivity index (χ3n) is 2.35. The lowest BCUT2D eigenvalue weighted by Crippen LogP contribution is -2.39. The Morgan fingerprint density at radius 1 is 1.24 bits per heavy atom. The van der Waals surface area contributed by atoms with Crippen LogP contribution in [0.5, 0.6) is 0 Å². The molecule has 0 aliphatic carbocycles. The lowest BCUT2D eigenvalue weighted by molar-refractivity contribution is -0.149. The van der Waals surface area contributed by atoms with Crippen LogP contribution in [0.25, 0.3) is 6.08 Å². The van der Waals surface area contributed by atoms with Gasteiger partial charge >= 0.3 is 12.1 Å². The first kappa shape index (κ1) is 16.9. The summed E-state index contributed by atoms with van der Waals surface area (Å²) in [5, 5.41) is 1.91. The summed E-state index contributed by atoms with van der Waals surface area (Å²) >= 11 is 3.30. The van der Waals surface area contributed by atoms with E-state index >= 15 is 0 Å². The summed E-state index contributed by atoms with van der Waals surface area (Å²) in [5.74, 6) is -1.45. The van der Waals surface area contributed by atoms with E-state index in [-0.39, 0.29) is 0 Å². The van der Waals surface area contributed by atoms with E-state index in [1.165, 1.54) is 13.0 Å². The van der Waals surface area contributed by atoms with Crippen molar-refractivity contribution in [3.05, 3.63) is 40.4 Å². The SMILES string of the molecule is COC(=O)NC(=O)[C@@H](C)OC(=O)/C=C/c1ccc(Br)cc1. The number of carbonyl (C=O) groups excluding carboxylic acids is 3. The first-order valence-corrected chi connectivity index (χ1v) is 6.74. The van der Waals surface area contributed by atoms with Gasteiger partial charge in [0.15, 0.2) is 6.10 Å². The number of alkyl carbamates (subject to hydrolysis) is 1. The van der Waals surface area contributed by atoms with Crippen LogP contribution in [0, 0.1) is 0 Å². The van der Waals surface area contributed by atoms with Gasteiger partial charge in [-0.3, -0.25) is 10.1 Å². The zero-order valence-electron chi connectivity index (χ0n) is 11.5. The second-order valence-corrected chi connectivity index (χ2v) is 4.86. The average Bonchev–Trinajstić information content (AvgIpc) is 2.46. The van der Waals surface area contributed by atoms with Crippen molar-refractivity contribution in [2.45, 2.75) is 13.0 Å². The van der Waals surface area contributed by atoms with Crippen LogP contribution in [0.3, 0.4) is 0 Å². The van der Waals surface area contributed by atoms with Crippen molar-refractivity contribution < 1.29 is 23.9 Å². The van der Waals surface area contributed by atoms with Crippen LogP contribution in [-0.4, -0.2) is 31.2 Å². The maximum Gasteiger partial charge on any atom is 0.413 e. The van der Waals surface area contributed by atoms with Gasteiger partial charge in [0.05, 0.1) is 7.11 Å². The summed E-state index contributed by atoms with van der Waals surface area (Å²) in [4.78, 5) is 33.8. The molecule has 1 aromatic rings. The lowest BCUT2D eigenvalue weighted by atomic mass is 10.2. The van der Waals surface area contributed by atoms with E-state index in [1.807, 2.05) is 17.4 Å². The second kappa shape index (κ2) is 8.21. The molecule has 0 saturated carbocycles. The molecule has 0 unspecified atom stereocenters. The topological polar surface area (TPSA) is 81.7 Å². The fourth-order valence-corrected chi connectivity index (χ4v) is 1.52. The van der Waals surface area contributed by atoms with Crippen LogP contribution in [0.1, 0.15) is 12.5 Å². The molecule has 0 radical (unpaired) electrons. The number of amides is 2. The molecule has 1 atom stereocenters. The van der Waals surface area contributed by atoms with Gasteiger partial charge in [-0.05, 0) is 30.7 Å². The molecule has 1 N–H and O–H groups in total. The molecular weight excluding hydrogens is 342 g/mol. The summed E-state index contributed by atoms with van der Waals surface area (Å²) in [6.45, 7) is 1.35. The zero-order valence-corrected chi connectivity index (χ0v) is 13.0. The minimum Gasteiger partial charge on any atom is -0.453 e. The number of rotatable bonds is 4. The minimum atomic E-state index is -1.11. The van der Waals surface area contributed by atoms with Crippen molar-refractivity contribution in [2.24, 2.45) is 0 Å². The van der Waals surface area contributed by atoms with Crippen molar-refractivity contribution in [3.8, 4) is 0 Å². The van der Waals surface area contributed by atoms with Crippen molar-refractivity contribution in [2.75, 3.05) is 7.11 Å². The molecule has 112 valence electrons. The van der Waals surface area contributed by atoms with Gasteiger partial charge in [0, 0.05) is 10.5 Å². The molecule has 0 aromatic heterocycles. The van der Waals surface area contributed by atoms with Gasteiger partial charge in [-0.2, -0.15) is 0 Å². The number of carbonyl (C=O) groups is 3. The predicted octanol–water partition coefficient (Wildman–Crippen LogP) is 2.28. The third-order valence-corrected chi connectivity index (χ3v) is 2.88. The standard InChI is InChI=1S/C14H14BrNO5/c1-9(13(18)16-14(19)20-2)21-12(17)8-5-10-3-6-11(15)7-4-10/h3-9H,1-2H3,(H,16,18,19)/b8-5+/t9-/m1/s1. The molecule has 6 nitrogen and oxygen atoms in total. The fourth-order valence-electron chi connectivity index (χ4n) is 1.26. The first-order chi connectivity index (χ1) is 9.92. The number of imide groups is 1. The monoisotopic (exact) mass is 355 g/mol. The van der Waals surface area contributed by atoms with Crippen molar-refractivity contribution >= 4 is 40.0 Å². The van der Waals surface area contributed by atoms with Gasteiger partial charge in [0.25, 0.3) is 5.91 Å². The Labute approximate surface area is 130 Å². The molecule has 21 heavy (non-hydrogen) atoms. The highest BCUT2D eigenvalue weighted by Crippen LogP contribution is 2.11. The first-order valence-electron chi connectivity index (χ1n) is 5.95. The summed E-state index contributed by atoms with van der Waals surface area (Å²) in [7, 11) is 1.13. The molecule has 1 aromatic carbocycles. The minimum absolute atomic E-state index is 0.689. The van der Waals surface area contributed by atoms with Gasteiger partial charge in [0.2, 0.25) is 0 Å². The molecule has 0 fully saturated rings. The average molecular weight is 356 g/mol. The normalized spacial score (nSPS) is 11.8. The van der Waals surface area contributed by atoms with Crippen LogP contribution in [0.4, 0.5) is 4.79 Å². The van der Waals surface area contributed by atoms with Gasteiger partial charge in [0.1, 0.15) is 0 Å². The van der Waals surface area contributed by atoms with Crippen LogP contribution >= 0.6 is 15.9 Å². The van der Waals surface area contributed by atoms with Gasteiger partial charge in [-0.15, -0.1) is 0 Å². The van der Waals surface area contributed by atoms with Crippen molar-refractivity contribution in [3.63, 3.8) is 0 Å². The maximum absolute atomic E-state index is 11.5. The highest BCUT2D eigenvalue weighted by molar-refractivity contribution is 9.10. The van der Waals surface area contributed by atoms with E-state index < -0.39 is 24.1 Å². The molecule has 0 heterocycles. The van der Waals surface area contributed by atoms with E-state index in [4.69, 9.17) is 4.74 Å². The third kappa shape index (κ3) is 6.22. The molecule has 1 rings (SSSR count). The Hall–Kier alpha value is -2.15. The van der Waals surface area contributed by atoms with Crippen LogP contribution in [0.15, 0.2) is 34.8 Å². The zero-order chi connectivity index (χ0) is 15.8. The van der Waals surface area contributed by atoms with Crippen LogP contribution in [-0.2, 0) is 19.1 Å². The molecule has 2 amide bonds. The summed E-state index contributed by atoms with van der Waals surface area (Å²) in [5.41, 5.74) is 0.807. The maximum atomic E-state index is 11.5. The highest BCUT2D eigenvalue weighted by Gasteiger charge is 2.18.